The minimum absolute atomic E-state index is 0.214. The summed E-state index contributed by atoms with van der Waals surface area (Å²) in [5, 5.41) is 9.71. The summed E-state index contributed by atoms with van der Waals surface area (Å²) < 4.78 is 4.94. The Morgan fingerprint density at radius 1 is 1.15 bits per heavy atom. The van der Waals surface area contributed by atoms with Gasteiger partial charge in [-0.2, -0.15) is 0 Å². The Kier molecular flexibility index (Phi) is 7.04. The van der Waals surface area contributed by atoms with Gasteiger partial charge in [-0.15, -0.1) is 0 Å². The van der Waals surface area contributed by atoms with E-state index in [9.17, 15) is 14.4 Å². The molecular weight excluding hydrogens is 424 g/mol. The number of methoxy groups -OCH3 is 1. The standard InChI is InChI=1S/C23H28N6O4/c1-33-23(32)20(9-14-11-26-17-6-3-2-5-16(14)17)29-22(31)19(10-15-12-24-13-27-15)28-21(30)18-7-4-8-25-18/h2-3,5-6,11-13,18-20,25-26H,4,7-10H2,1H3,(H,24,27)(H,28,30)(H,29,31)/t18-,19-,20-/m0/s1. The van der Waals surface area contributed by atoms with Crippen molar-refractivity contribution in [1.29, 1.82) is 0 Å². The number of nitrogens with one attached hydrogen (secondary N) is 5. The van der Waals surface area contributed by atoms with Crippen molar-refractivity contribution in [3.05, 3.63) is 54.2 Å². The highest BCUT2D eigenvalue weighted by atomic mass is 16.5. The Labute approximate surface area is 190 Å². The number of hydrogen-bond acceptors (Lipinski definition) is 6. The predicted octanol–water partition coefficient (Wildman–Crippen LogP) is 0.571. The van der Waals surface area contributed by atoms with Gasteiger partial charge in [0, 0.05) is 41.8 Å². The molecule has 5 N–H and O–H groups in total. The summed E-state index contributed by atoms with van der Waals surface area (Å²) >= 11 is 0. The van der Waals surface area contributed by atoms with Crippen LogP contribution in [0.4, 0.5) is 0 Å². The first kappa shape index (κ1) is 22.5. The van der Waals surface area contributed by atoms with Gasteiger partial charge in [-0.05, 0) is 31.0 Å². The van der Waals surface area contributed by atoms with Crippen LogP contribution in [0, 0.1) is 0 Å². The number of nitrogens with zero attached hydrogens (tertiary/aromatic N) is 1. The normalized spacial score (nSPS) is 17.4. The van der Waals surface area contributed by atoms with Gasteiger partial charge in [0.25, 0.3) is 0 Å². The summed E-state index contributed by atoms with van der Waals surface area (Å²) in [6, 6.07) is 5.61. The van der Waals surface area contributed by atoms with E-state index in [1.165, 1.54) is 13.4 Å². The smallest absolute Gasteiger partial charge is 0.328 e. The molecule has 1 aliphatic heterocycles. The van der Waals surface area contributed by atoms with E-state index in [2.05, 4.69) is 30.9 Å². The van der Waals surface area contributed by atoms with E-state index in [0.29, 0.717) is 5.69 Å². The Hall–Kier alpha value is -3.66. The number of carbonyl (C=O) groups is 3. The lowest BCUT2D eigenvalue weighted by atomic mass is 10.0. The molecule has 10 heteroatoms. The van der Waals surface area contributed by atoms with E-state index in [-0.39, 0.29) is 24.8 Å². The highest BCUT2D eigenvalue weighted by Crippen LogP contribution is 2.19. The van der Waals surface area contributed by atoms with Crippen LogP contribution in [0.1, 0.15) is 24.1 Å². The zero-order valence-corrected chi connectivity index (χ0v) is 18.4. The molecule has 3 heterocycles. The molecule has 2 amide bonds. The minimum Gasteiger partial charge on any atom is -0.467 e. The summed E-state index contributed by atoms with van der Waals surface area (Å²) in [5.41, 5.74) is 2.52. The number of esters is 1. The number of rotatable bonds is 9. The molecule has 2 aromatic heterocycles. The fourth-order valence-corrected chi connectivity index (χ4v) is 4.13. The molecule has 0 bridgehead atoms. The molecule has 0 saturated carbocycles. The average molecular weight is 453 g/mol. The van der Waals surface area contributed by atoms with Crippen molar-refractivity contribution in [3.8, 4) is 0 Å². The van der Waals surface area contributed by atoms with E-state index in [0.717, 1.165) is 35.9 Å². The van der Waals surface area contributed by atoms with Gasteiger partial charge in [0.1, 0.15) is 12.1 Å². The third-order valence-corrected chi connectivity index (χ3v) is 5.89. The van der Waals surface area contributed by atoms with Crippen LogP contribution in [-0.2, 0) is 32.0 Å². The molecule has 0 spiro atoms. The molecule has 1 aliphatic rings. The third kappa shape index (κ3) is 5.40. The lowest BCUT2D eigenvalue weighted by molar-refractivity contribution is -0.145. The Morgan fingerprint density at radius 2 is 2.00 bits per heavy atom. The SMILES string of the molecule is COC(=O)[C@H](Cc1c[nH]c2ccccc12)NC(=O)[C@H](Cc1cnc[nH]1)NC(=O)[C@@H]1CCCN1. The molecule has 3 aromatic rings. The average Bonchev–Trinajstić information content (AvgIpc) is 3.60. The lowest BCUT2D eigenvalue weighted by Gasteiger charge is -2.23. The van der Waals surface area contributed by atoms with E-state index in [1.807, 2.05) is 30.5 Å². The van der Waals surface area contributed by atoms with Crippen molar-refractivity contribution in [2.45, 2.75) is 43.8 Å². The van der Waals surface area contributed by atoms with E-state index in [1.54, 1.807) is 6.20 Å². The summed E-state index contributed by atoms with van der Waals surface area (Å²) in [6.07, 6.45) is 7.02. The number of H-pyrrole nitrogens is 2. The number of para-hydroxylation sites is 1. The van der Waals surface area contributed by atoms with Crippen molar-refractivity contribution in [2.75, 3.05) is 13.7 Å². The maximum atomic E-state index is 13.2. The minimum atomic E-state index is -0.910. The molecule has 1 fully saturated rings. The number of ether oxygens (including phenoxy) is 1. The van der Waals surface area contributed by atoms with Crippen LogP contribution in [0.25, 0.3) is 10.9 Å². The highest BCUT2D eigenvalue weighted by Gasteiger charge is 2.31. The first-order valence-corrected chi connectivity index (χ1v) is 11.0. The lowest BCUT2D eigenvalue weighted by Crippen LogP contribution is -2.55. The monoisotopic (exact) mass is 452 g/mol. The van der Waals surface area contributed by atoms with Crippen molar-refractivity contribution >= 4 is 28.7 Å². The molecule has 174 valence electrons. The molecule has 1 saturated heterocycles. The fourth-order valence-electron chi connectivity index (χ4n) is 4.13. The Balaban J connectivity index is 1.50. The second-order valence-corrected chi connectivity index (χ2v) is 8.14. The van der Waals surface area contributed by atoms with E-state index >= 15 is 0 Å². The predicted molar refractivity (Wildman–Crippen MR) is 121 cm³/mol. The van der Waals surface area contributed by atoms with Crippen LogP contribution >= 0.6 is 0 Å². The molecule has 33 heavy (non-hydrogen) atoms. The van der Waals surface area contributed by atoms with E-state index < -0.39 is 24.0 Å². The van der Waals surface area contributed by atoms with Crippen molar-refractivity contribution < 1.29 is 19.1 Å². The zero-order valence-electron chi connectivity index (χ0n) is 18.4. The Bertz CT molecular complexity index is 1100. The van der Waals surface area contributed by atoms with Gasteiger partial charge in [0.15, 0.2) is 0 Å². The van der Waals surface area contributed by atoms with Crippen molar-refractivity contribution in [2.24, 2.45) is 0 Å². The van der Waals surface area contributed by atoms with E-state index in [4.69, 9.17) is 4.74 Å². The summed E-state index contributed by atoms with van der Waals surface area (Å²) in [7, 11) is 1.28. The molecular formula is C23H28N6O4. The molecule has 0 unspecified atom stereocenters. The quantitative estimate of drug-likeness (QED) is 0.301. The zero-order chi connectivity index (χ0) is 23.2. The van der Waals surface area contributed by atoms with Crippen molar-refractivity contribution in [1.82, 2.24) is 30.9 Å². The van der Waals surface area contributed by atoms with Crippen LogP contribution in [0.5, 0.6) is 0 Å². The van der Waals surface area contributed by atoms with Gasteiger partial charge in [-0.3, -0.25) is 9.59 Å². The van der Waals surface area contributed by atoms with Crippen LogP contribution in [0.2, 0.25) is 0 Å². The van der Waals surface area contributed by atoms with Crippen LogP contribution in [-0.4, -0.2) is 64.5 Å². The number of fused-ring (bicyclic) bond motifs is 1. The first-order chi connectivity index (χ1) is 16.0. The molecule has 0 radical (unpaired) electrons. The van der Waals surface area contributed by atoms with Gasteiger partial charge < -0.3 is 30.7 Å². The largest absolute Gasteiger partial charge is 0.467 e. The highest BCUT2D eigenvalue weighted by molar-refractivity contribution is 5.93. The fraction of sp³-hybridized carbons (Fsp3) is 0.391. The number of amides is 2. The van der Waals surface area contributed by atoms with Crippen LogP contribution < -0.4 is 16.0 Å². The second-order valence-electron chi connectivity index (χ2n) is 8.14. The summed E-state index contributed by atoms with van der Waals surface area (Å²) in [4.78, 5) is 48.6. The molecule has 10 nitrogen and oxygen atoms in total. The third-order valence-electron chi connectivity index (χ3n) is 5.89. The topological polar surface area (TPSA) is 141 Å². The summed E-state index contributed by atoms with van der Waals surface area (Å²) in [6.45, 7) is 0.768. The maximum absolute atomic E-state index is 13.2. The molecule has 1 aromatic carbocycles. The van der Waals surface area contributed by atoms with Crippen LogP contribution in [0.3, 0.4) is 0 Å². The number of carbonyl (C=O) groups excluding carboxylic acids is 3. The van der Waals surface area contributed by atoms with Crippen LogP contribution in [0.15, 0.2) is 43.0 Å². The Morgan fingerprint density at radius 3 is 2.73 bits per heavy atom. The number of aromatic nitrogens is 3. The van der Waals surface area contributed by atoms with Gasteiger partial charge in [-0.25, -0.2) is 9.78 Å². The first-order valence-electron chi connectivity index (χ1n) is 11.0. The van der Waals surface area contributed by atoms with Gasteiger partial charge in [-0.1, -0.05) is 18.2 Å². The van der Waals surface area contributed by atoms with Crippen molar-refractivity contribution in [3.63, 3.8) is 0 Å². The van der Waals surface area contributed by atoms with Gasteiger partial charge in [0.05, 0.1) is 19.5 Å². The second kappa shape index (κ2) is 10.3. The molecule has 3 atom stereocenters. The van der Waals surface area contributed by atoms with Gasteiger partial charge in [0.2, 0.25) is 11.8 Å². The maximum Gasteiger partial charge on any atom is 0.328 e. The van der Waals surface area contributed by atoms with Gasteiger partial charge >= 0.3 is 5.97 Å². The molecule has 4 rings (SSSR count). The summed E-state index contributed by atoms with van der Waals surface area (Å²) in [5.74, 6) is -1.26. The number of imidazole rings is 1. The molecule has 0 aliphatic carbocycles. The number of aromatic amines is 2. The number of hydrogen-bond donors (Lipinski definition) is 5. The number of benzene rings is 1.